The van der Waals surface area contributed by atoms with Crippen molar-refractivity contribution in [2.45, 2.75) is 19.8 Å². The summed E-state index contributed by atoms with van der Waals surface area (Å²) >= 11 is 0. The summed E-state index contributed by atoms with van der Waals surface area (Å²) in [5, 5.41) is 9.21. The van der Waals surface area contributed by atoms with Crippen molar-refractivity contribution in [1.82, 2.24) is 4.90 Å². The van der Waals surface area contributed by atoms with E-state index in [9.17, 15) is 14.7 Å². The number of amides is 1. The number of hydrogen-bond donors (Lipinski definition) is 1. The number of ether oxygens (including phenoxy) is 2. The molecule has 2 atom stereocenters. The third kappa shape index (κ3) is 3.57. The maximum atomic E-state index is 12.5. The minimum Gasteiger partial charge on any atom is -0.486 e. The lowest BCUT2D eigenvalue weighted by atomic mass is 9.90. The molecule has 1 amide bonds. The zero-order valence-corrected chi connectivity index (χ0v) is 13.2. The van der Waals surface area contributed by atoms with E-state index in [2.05, 4.69) is 0 Å². The Bertz CT molecular complexity index is 615. The lowest BCUT2D eigenvalue weighted by Gasteiger charge is -2.34. The highest BCUT2D eigenvalue weighted by molar-refractivity contribution is 5.80. The number of hydrogen-bond acceptors (Lipinski definition) is 4. The average molecular weight is 319 g/mol. The monoisotopic (exact) mass is 319 g/mol. The van der Waals surface area contributed by atoms with E-state index in [-0.39, 0.29) is 18.2 Å². The topological polar surface area (TPSA) is 76.1 Å². The van der Waals surface area contributed by atoms with Crippen LogP contribution in [-0.2, 0) is 16.0 Å². The van der Waals surface area contributed by atoms with Crippen molar-refractivity contribution >= 4 is 11.9 Å². The number of benzene rings is 1. The van der Waals surface area contributed by atoms with Gasteiger partial charge < -0.3 is 19.5 Å². The fraction of sp³-hybridized carbons (Fsp3) is 0.529. The van der Waals surface area contributed by atoms with E-state index in [1.54, 1.807) is 4.90 Å². The molecule has 6 nitrogen and oxygen atoms in total. The van der Waals surface area contributed by atoms with Gasteiger partial charge >= 0.3 is 5.97 Å². The second-order valence-electron chi connectivity index (χ2n) is 6.33. The van der Waals surface area contributed by atoms with E-state index in [4.69, 9.17) is 9.47 Å². The number of carboxylic acid groups (broad SMARTS) is 1. The Morgan fingerprint density at radius 2 is 1.96 bits per heavy atom. The quantitative estimate of drug-likeness (QED) is 0.915. The van der Waals surface area contributed by atoms with E-state index in [0.29, 0.717) is 44.2 Å². The van der Waals surface area contributed by atoms with Gasteiger partial charge in [-0.05, 0) is 30.0 Å². The molecule has 1 aromatic rings. The van der Waals surface area contributed by atoms with Crippen molar-refractivity contribution in [3.05, 3.63) is 23.8 Å². The normalized spacial score (nSPS) is 23.4. The van der Waals surface area contributed by atoms with Crippen LogP contribution in [0, 0.1) is 11.8 Å². The Labute approximate surface area is 135 Å². The van der Waals surface area contributed by atoms with Gasteiger partial charge in [-0.15, -0.1) is 0 Å². The third-order valence-corrected chi connectivity index (χ3v) is 4.32. The molecule has 0 bridgehead atoms. The molecule has 1 aromatic carbocycles. The predicted octanol–water partition coefficient (Wildman–Crippen LogP) is 1.57. The summed E-state index contributed by atoms with van der Waals surface area (Å²) in [5.74, 6) is 0.229. The van der Waals surface area contributed by atoms with Crippen LogP contribution in [0.15, 0.2) is 18.2 Å². The number of rotatable bonds is 3. The summed E-state index contributed by atoms with van der Waals surface area (Å²) in [6.07, 6.45) is 0.874. The van der Waals surface area contributed by atoms with Gasteiger partial charge in [0, 0.05) is 13.1 Å². The minimum atomic E-state index is -0.825. The molecule has 6 heteroatoms. The van der Waals surface area contributed by atoms with Crippen LogP contribution in [0.1, 0.15) is 18.9 Å². The lowest BCUT2D eigenvalue weighted by molar-refractivity contribution is -0.146. The smallest absolute Gasteiger partial charge is 0.308 e. The van der Waals surface area contributed by atoms with E-state index in [0.717, 1.165) is 5.56 Å². The molecule has 2 aliphatic heterocycles. The summed E-state index contributed by atoms with van der Waals surface area (Å²) in [6.45, 7) is 3.94. The molecule has 0 aliphatic carbocycles. The molecule has 1 N–H and O–H groups in total. The molecule has 1 saturated heterocycles. The highest BCUT2D eigenvalue weighted by Crippen LogP contribution is 2.31. The van der Waals surface area contributed by atoms with Gasteiger partial charge in [-0.3, -0.25) is 9.59 Å². The zero-order valence-electron chi connectivity index (χ0n) is 13.2. The molecule has 2 heterocycles. The number of fused-ring (bicyclic) bond motifs is 1. The van der Waals surface area contributed by atoms with Crippen LogP contribution in [0.5, 0.6) is 11.5 Å². The van der Waals surface area contributed by atoms with Gasteiger partial charge in [-0.25, -0.2) is 0 Å². The summed E-state index contributed by atoms with van der Waals surface area (Å²) in [4.78, 5) is 25.4. The SMILES string of the molecule is CC1CC(C(=O)O)CN(C(=O)Cc2ccc3c(c2)OCCO3)C1. The first-order chi connectivity index (χ1) is 11.0. The summed E-state index contributed by atoms with van der Waals surface area (Å²) < 4.78 is 11.0. The van der Waals surface area contributed by atoms with E-state index in [1.165, 1.54) is 0 Å². The maximum absolute atomic E-state index is 12.5. The molecular weight excluding hydrogens is 298 g/mol. The van der Waals surface area contributed by atoms with Gasteiger partial charge in [-0.2, -0.15) is 0 Å². The predicted molar refractivity (Wildman–Crippen MR) is 82.6 cm³/mol. The number of carbonyl (C=O) groups excluding carboxylic acids is 1. The standard InChI is InChI=1S/C17H21NO5/c1-11-6-13(17(20)21)10-18(9-11)16(19)8-12-2-3-14-15(7-12)23-5-4-22-14/h2-3,7,11,13H,4-6,8-10H2,1H3,(H,20,21). The number of likely N-dealkylation sites (tertiary alicyclic amines) is 1. The molecule has 0 spiro atoms. The summed E-state index contributed by atoms with van der Waals surface area (Å²) in [6, 6.07) is 5.50. The van der Waals surface area contributed by atoms with Crippen LogP contribution >= 0.6 is 0 Å². The summed E-state index contributed by atoms with van der Waals surface area (Å²) in [5.41, 5.74) is 0.851. The number of piperidine rings is 1. The van der Waals surface area contributed by atoms with Crippen molar-refractivity contribution in [3.8, 4) is 11.5 Å². The largest absolute Gasteiger partial charge is 0.486 e. The van der Waals surface area contributed by atoms with Gasteiger partial charge in [-0.1, -0.05) is 13.0 Å². The van der Waals surface area contributed by atoms with Crippen LogP contribution < -0.4 is 9.47 Å². The molecule has 2 unspecified atom stereocenters. The van der Waals surface area contributed by atoms with E-state index in [1.807, 2.05) is 25.1 Å². The zero-order chi connectivity index (χ0) is 16.4. The maximum Gasteiger partial charge on any atom is 0.308 e. The van der Waals surface area contributed by atoms with Crippen molar-refractivity contribution in [2.24, 2.45) is 11.8 Å². The second-order valence-corrected chi connectivity index (χ2v) is 6.33. The fourth-order valence-corrected chi connectivity index (χ4v) is 3.22. The van der Waals surface area contributed by atoms with Crippen LogP contribution in [-0.4, -0.2) is 48.2 Å². The summed E-state index contributed by atoms with van der Waals surface area (Å²) in [7, 11) is 0. The first kappa shape index (κ1) is 15.6. The van der Waals surface area contributed by atoms with Crippen molar-refractivity contribution in [1.29, 1.82) is 0 Å². The Hall–Kier alpha value is -2.24. The van der Waals surface area contributed by atoms with E-state index < -0.39 is 11.9 Å². The van der Waals surface area contributed by atoms with Crippen LogP contribution in [0.4, 0.5) is 0 Å². The van der Waals surface area contributed by atoms with E-state index >= 15 is 0 Å². The van der Waals surface area contributed by atoms with Gasteiger partial charge in [0.2, 0.25) is 5.91 Å². The Kier molecular flexibility index (Phi) is 4.41. The molecule has 0 aromatic heterocycles. The van der Waals surface area contributed by atoms with Gasteiger partial charge in [0.1, 0.15) is 13.2 Å². The van der Waals surface area contributed by atoms with Crippen molar-refractivity contribution in [2.75, 3.05) is 26.3 Å². The van der Waals surface area contributed by atoms with Crippen LogP contribution in [0.2, 0.25) is 0 Å². The Morgan fingerprint density at radius 1 is 1.22 bits per heavy atom. The van der Waals surface area contributed by atoms with Gasteiger partial charge in [0.05, 0.1) is 12.3 Å². The first-order valence-corrected chi connectivity index (χ1v) is 7.92. The molecular formula is C17H21NO5. The number of carbonyl (C=O) groups is 2. The molecule has 124 valence electrons. The van der Waals surface area contributed by atoms with Crippen LogP contribution in [0.3, 0.4) is 0 Å². The first-order valence-electron chi connectivity index (χ1n) is 7.92. The molecule has 2 aliphatic rings. The highest BCUT2D eigenvalue weighted by atomic mass is 16.6. The molecule has 0 radical (unpaired) electrons. The minimum absolute atomic E-state index is 0.0422. The van der Waals surface area contributed by atoms with Gasteiger partial charge in [0.25, 0.3) is 0 Å². The molecule has 23 heavy (non-hydrogen) atoms. The number of nitrogens with zero attached hydrogens (tertiary/aromatic N) is 1. The highest BCUT2D eigenvalue weighted by Gasteiger charge is 2.31. The molecule has 3 rings (SSSR count). The van der Waals surface area contributed by atoms with Crippen molar-refractivity contribution in [3.63, 3.8) is 0 Å². The Balaban J connectivity index is 1.67. The average Bonchev–Trinajstić information content (AvgIpc) is 2.54. The number of aliphatic carboxylic acids is 1. The number of carboxylic acids is 1. The second kappa shape index (κ2) is 6.48. The third-order valence-electron chi connectivity index (χ3n) is 4.32. The van der Waals surface area contributed by atoms with Gasteiger partial charge in [0.15, 0.2) is 11.5 Å². The lowest BCUT2D eigenvalue weighted by Crippen LogP contribution is -2.46. The molecule has 1 fully saturated rings. The van der Waals surface area contributed by atoms with Crippen LogP contribution in [0.25, 0.3) is 0 Å². The van der Waals surface area contributed by atoms with Crippen molar-refractivity contribution < 1.29 is 24.2 Å². The Morgan fingerprint density at radius 3 is 2.70 bits per heavy atom. The molecule has 0 saturated carbocycles. The fourth-order valence-electron chi connectivity index (χ4n) is 3.22.